The summed E-state index contributed by atoms with van der Waals surface area (Å²) in [6, 6.07) is 1.86. The van der Waals surface area contributed by atoms with E-state index in [0.29, 0.717) is 11.8 Å². The van der Waals surface area contributed by atoms with Crippen LogP contribution < -0.4 is 10.1 Å². The zero-order valence-corrected chi connectivity index (χ0v) is 12.2. The number of hydrogen-bond acceptors (Lipinski definition) is 4. The lowest BCUT2D eigenvalue weighted by Gasteiger charge is -2.16. The van der Waals surface area contributed by atoms with Crippen molar-refractivity contribution >= 4 is 5.82 Å². The Labute approximate surface area is 110 Å². The van der Waals surface area contributed by atoms with E-state index in [-0.39, 0.29) is 6.10 Å². The Kier molecular flexibility index (Phi) is 5.89. The lowest BCUT2D eigenvalue weighted by molar-refractivity contribution is 0.185. The van der Waals surface area contributed by atoms with Gasteiger partial charge in [0.05, 0.1) is 6.10 Å². The largest absolute Gasteiger partial charge is 0.474 e. The summed E-state index contributed by atoms with van der Waals surface area (Å²) in [5.74, 6) is 2.96. The molecular formula is C14H25N3O. The average molecular weight is 251 g/mol. The standard InChI is InChI=1S/C14H25N3O/c1-6-7-12-16-13(15-5)9-14(17-12)18-11(4)8-10(2)3/h9-11H,6-8H2,1-5H3,(H,15,16,17). The molecule has 0 bridgehead atoms. The fraction of sp³-hybridized carbons (Fsp3) is 0.714. The van der Waals surface area contributed by atoms with Gasteiger partial charge in [0, 0.05) is 19.5 Å². The van der Waals surface area contributed by atoms with Crippen LogP contribution in [0.3, 0.4) is 0 Å². The molecule has 0 amide bonds. The maximum atomic E-state index is 5.86. The van der Waals surface area contributed by atoms with Crippen molar-refractivity contribution < 1.29 is 4.74 Å². The molecule has 1 aromatic heterocycles. The summed E-state index contributed by atoms with van der Waals surface area (Å²) in [6.45, 7) is 8.60. The van der Waals surface area contributed by atoms with Crippen molar-refractivity contribution in [3.63, 3.8) is 0 Å². The maximum Gasteiger partial charge on any atom is 0.218 e. The zero-order chi connectivity index (χ0) is 13.5. The van der Waals surface area contributed by atoms with Crippen molar-refractivity contribution in [2.24, 2.45) is 5.92 Å². The molecule has 0 aliphatic carbocycles. The van der Waals surface area contributed by atoms with Crippen LogP contribution >= 0.6 is 0 Å². The maximum absolute atomic E-state index is 5.86. The van der Waals surface area contributed by atoms with Crippen LogP contribution in [0.4, 0.5) is 5.82 Å². The Hall–Kier alpha value is -1.32. The van der Waals surface area contributed by atoms with Gasteiger partial charge in [0.15, 0.2) is 0 Å². The van der Waals surface area contributed by atoms with Crippen LogP contribution in [0.5, 0.6) is 5.88 Å². The van der Waals surface area contributed by atoms with Gasteiger partial charge in [-0.15, -0.1) is 0 Å². The second-order valence-electron chi connectivity index (χ2n) is 5.07. The molecule has 0 saturated carbocycles. The summed E-state index contributed by atoms with van der Waals surface area (Å²) < 4.78 is 5.86. The molecule has 1 N–H and O–H groups in total. The van der Waals surface area contributed by atoms with Crippen LogP contribution in [0, 0.1) is 5.92 Å². The van der Waals surface area contributed by atoms with Crippen LogP contribution in [0.2, 0.25) is 0 Å². The molecule has 1 rings (SSSR count). The Balaban J connectivity index is 2.77. The van der Waals surface area contributed by atoms with Gasteiger partial charge in [-0.2, -0.15) is 4.98 Å². The number of aromatic nitrogens is 2. The highest BCUT2D eigenvalue weighted by Gasteiger charge is 2.10. The lowest BCUT2D eigenvalue weighted by atomic mass is 10.1. The first kappa shape index (κ1) is 14.7. The zero-order valence-electron chi connectivity index (χ0n) is 12.2. The number of hydrogen-bond donors (Lipinski definition) is 1. The predicted molar refractivity (Wildman–Crippen MR) is 75.1 cm³/mol. The predicted octanol–water partition coefficient (Wildman–Crippen LogP) is 3.28. The first-order valence-corrected chi connectivity index (χ1v) is 6.77. The van der Waals surface area contributed by atoms with Crippen molar-refractivity contribution in [3.05, 3.63) is 11.9 Å². The number of nitrogens with zero attached hydrogens (tertiary/aromatic N) is 2. The highest BCUT2D eigenvalue weighted by atomic mass is 16.5. The van der Waals surface area contributed by atoms with Gasteiger partial charge in [0.25, 0.3) is 0 Å². The Morgan fingerprint density at radius 2 is 2.00 bits per heavy atom. The van der Waals surface area contributed by atoms with Crippen LogP contribution in [-0.2, 0) is 6.42 Å². The lowest BCUT2D eigenvalue weighted by Crippen LogP contribution is -2.16. The van der Waals surface area contributed by atoms with E-state index in [1.165, 1.54) is 0 Å². The highest BCUT2D eigenvalue weighted by Crippen LogP contribution is 2.17. The van der Waals surface area contributed by atoms with Gasteiger partial charge < -0.3 is 10.1 Å². The van der Waals surface area contributed by atoms with Crippen molar-refractivity contribution in [1.82, 2.24) is 9.97 Å². The van der Waals surface area contributed by atoms with Gasteiger partial charge >= 0.3 is 0 Å². The van der Waals surface area contributed by atoms with Crippen molar-refractivity contribution in [2.45, 2.75) is 53.1 Å². The molecule has 0 aromatic carbocycles. The first-order chi connectivity index (χ1) is 8.55. The molecular weight excluding hydrogens is 226 g/mol. The van der Waals surface area contributed by atoms with Gasteiger partial charge in [-0.25, -0.2) is 4.98 Å². The molecule has 4 heteroatoms. The molecule has 18 heavy (non-hydrogen) atoms. The van der Waals surface area contributed by atoms with Crippen LogP contribution in [0.15, 0.2) is 6.07 Å². The number of aryl methyl sites for hydroxylation is 1. The van der Waals surface area contributed by atoms with Crippen molar-refractivity contribution in [3.8, 4) is 5.88 Å². The van der Waals surface area contributed by atoms with E-state index in [1.54, 1.807) is 0 Å². The first-order valence-electron chi connectivity index (χ1n) is 6.77. The number of anilines is 1. The minimum Gasteiger partial charge on any atom is -0.474 e. The van der Waals surface area contributed by atoms with Crippen LogP contribution in [-0.4, -0.2) is 23.1 Å². The number of nitrogens with one attached hydrogen (secondary N) is 1. The van der Waals surface area contributed by atoms with Crippen LogP contribution in [0.1, 0.15) is 46.4 Å². The minimum atomic E-state index is 0.180. The van der Waals surface area contributed by atoms with Gasteiger partial charge in [0.1, 0.15) is 11.6 Å². The molecule has 4 nitrogen and oxygen atoms in total. The Bertz CT molecular complexity index is 366. The third kappa shape index (κ3) is 4.90. The van der Waals surface area contributed by atoms with Gasteiger partial charge in [0.2, 0.25) is 5.88 Å². The third-order valence-corrected chi connectivity index (χ3v) is 2.60. The average Bonchev–Trinajstić information content (AvgIpc) is 2.27. The van der Waals surface area contributed by atoms with E-state index in [4.69, 9.17) is 4.74 Å². The van der Waals surface area contributed by atoms with E-state index >= 15 is 0 Å². The molecule has 0 aliphatic heterocycles. The SMILES string of the molecule is CCCc1nc(NC)cc(OC(C)CC(C)C)n1. The molecule has 1 heterocycles. The highest BCUT2D eigenvalue weighted by molar-refractivity contribution is 5.37. The van der Waals surface area contributed by atoms with Gasteiger partial charge in [-0.05, 0) is 25.7 Å². The molecule has 1 atom stereocenters. The molecule has 102 valence electrons. The quantitative estimate of drug-likeness (QED) is 0.808. The van der Waals surface area contributed by atoms with E-state index in [2.05, 4.69) is 43.0 Å². The molecule has 0 aliphatic rings. The third-order valence-electron chi connectivity index (χ3n) is 2.60. The van der Waals surface area contributed by atoms with Crippen molar-refractivity contribution in [1.29, 1.82) is 0 Å². The summed E-state index contributed by atoms with van der Waals surface area (Å²) in [5, 5.41) is 3.05. The second kappa shape index (κ2) is 7.19. The van der Waals surface area contributed by atoms with Crippen molar-refractivity contribution in [2.75, 3.05) is 12.4 Å². The molecule has 0 fully saturated rings. The van der Waals surface area contributed by atoms with Gasteiger partial charge in [-0.3, -0.25) is 0 Å². The number of ether oxygens (including phenoxy) is 1. The Morgan fingerprint density at radius 1 is 1.28 bits per heavy atom. The van der Waals surface area contributed by atoms with E-state index in [1.807, 2.05) is 13.1 Å². The summed E-state index contributed by atoms with van der Waals surface area (Å²) >= 11 is 0. The minimum absolute atomic E-state index is 0.180. The molecule has 0 spiro atoms. The smallest absolute Gasteiger partial charge is 0.218 e. The second-order valence-corrected chi connectivity index (χ2v) is 5.07. The number of rotatable bonds is 7. The monoisotopic (exact) mass is 251 g/mol. The molecule has 1 unspecified atom stereocenters. The van der Waals surface area contributed by atoms with E-state index in [9.17, 15) is 0 Å². The summed E-state index contributed by atoms with van der Waals surface area (Å²) in [7, 11) is 1.86. The molecule has 1 aromatic rings. The van der Waals surface area contributed by atoms with Crippen LogP contribution in [0.25, 0.3) is 0 Å². The van der Waals surface area contributed by atoms with E-state index in [0.717, 1.165) is 30.9 Å². The summed E-state index contributed by atoms with van der Waals surface area (Å²) in [6.07, 6.45) is 3.12. The Morgan fingerprint density at radius 3 is 2.56 bits per heavy atom. The fourth-order valence-corrected chi connectivity index (χ4v) is 1.91. The molecule has 0 radical (unpaired) electrons. The summed E-state index contributed by atoms with van der Waals surface area (Å²) in [5.41, 5.74) is 0. The normalized spacial score (nSPS) is 12.6. The van der Waals surface area contributed by atoms with Gasteiger partial charge in [-0.1, -0.05) is 20.8 Å². The fourth-order valence-electron chi connectivity index (χ4n) is 1.91. The summed E-state index contributed by atoms with van der Waals surface area (Å²) in [4.78, 5) is 8.85. The molecule has 0 saturated heterocycles. The topological polar surface area (TPSA) is 47.0 Å². The van der Waals surface area contributed by atoms with E-state index < -0.39 is 0 Å².